The fourth-order valence-electron chi connectivity index (χ4n) is 1.51. The van der Waals surface area contributed by atoms with Gasteiger partial charge in [0.1, 0.15) is 5.01 Å². The predicted octanol–water partition coefficient (Wildman–Crippen LogP) is 2.69. The molecule has 19 heavy (non-hydrogen) atoms. The molecular weight excluding hydrogens is 260 g/mol. The summed E-state index contributed by atoms with van der Waals surface area (Å²) in [4.78, 5) is 16.0. The van der Waals surface area contributed by atoms with Crippen molar-refractivity contribution in [3.05, 3.63) is 34.6 Å². The van der Waals surface area contributed by atoms with E-state index < -0.39 is 0 Å². The third kappa shape index (κ3) is 3.82. The SMILES string of the molecule is Cc1ccc(C(=O)Nc2nnc(CC(C)C)s2)cn1. The number of pyridine rings is 1. The number of carbonyl (C=O) groups excluding carboxylic acids is 1. The molecule has 0 aliphatic heterocycles. The Morgan fingerprint density at radius 3 is 2.79 bits per heavy atom. The minimum absolute atomic E-state index is 0.209. The van der Waals surface area contributed by atoms with Crippen LogP contribution in [0.1, 0.15) is 34.9 Å². The lowest BCUT2D eigenvalue weighted by molar-refractivity contribution is 0.102. The van der Waals surface area contributed by atoms with E-state index >= 15 is 0 Å². The molecule has 0 spiro atoms. The Kier molecular flexibility index (Phi) is 4.21. The van der Waals surface area contributed by atoms with Crippen LogP contribution in [0.3, 0.4) is 0 Å². The van der Waals surface area contributed by atoms with Crippen LogP contribution in [0.4, 0.5) is 5.13 Å². The Bertz CT molecular complexity index is 562. The van der Waals surface area contributed by atoms with Crippen molar-refractivity contribution >= 4 is 22.4 Å². The van der Waals surface area contributed by atoms with Crippen LogP contribution in [0.5, 0.6) is 0 Å². The lowest BCUT2D eigenvalue weighted by Gasteiger charge is -2.00. The number of anilines is 1. The molecule has 2 aromatic heterocycles. The van der Waals surface area contributed by atoms with Gasteiger partial charge in [-0.1, -0.05) is 25.2 Å². The molecule has 2 heterocycles. The van der Waals surface area contributed by atoms with Gasteiger partial charge < -0.3 is 0 Å². The molecule has 2 aromatic rings. The second-order valence-electron chi connectivity index (χ2n) is 4.74. The molecule has 0 bridgehead atoms. The smallest absolute Gasteiger partial charge is 0.259 e. The Morgan fingerprint density at radius 1 is 1.37 bits per heavy atom. The molecule has 0 saturated heterocycles. The van der Waals surface area contributed by atoms with Crippen LogP contribution in [0.25, 0.3) is 0 Å². The number of hydrogen-bond acceptors (Lipinski definition) is 5. The molecule has 0 atom stereocenters. The van der Waals surface area contributed by atoms with Crippen molar-refractivity contribution in [2.75, 3.05) is 5.32 Å². The van der Waals surface area contributed by atoms with Crippen LogP contribution in [0.2, 0.25) is 0 Å². The summed E-state index contributed by atoms with van der Waals surface area (Å²) < 4.78 is 0. The van der Waals surface area contributed by atoms with Crippen molar-refractivity contribution in [3.8, 4) is 0 Å². The van der Waals surface area contributed by atoms with E-state index in [-0.39, 0.29) is 5.91 Å². The normalized spacial score (nSPS) is 10.7. The lowest BCUT2D eigenvalue weighted by Crippen LogP contribution is -2.12. The van der Waals surface area contributed by atoms with Crippen molar-refractivity contribution in [1.29, 1.82) is 0 Å². The van der Waals surface area contributed by atoms with Gasteiger partial charge in [0.25, 0.3) is 5.91 Å². The van der Waals surface area contributed by atoms with Gasteiger partial charge in [-0.15, -0.1) is 10.2 Å². The Hall–Kier alpha value is -1.82. The zero-order chi connectivity index (χ0) is 13.8. The highest BCUT2D eigenvalue weighted by atomic mass is 32.1. The van der Waals surface area contributed by atoms with Gasteiger partial charge in [-0.2, -0.15) is 0 Å². The largest absolute Gasteiger partial charge is 0.296 e. The molecule has 2 rings (SSSR count). The summed E-state index contributed by atoms with van der Waals surface area (Å²) in [6.07, 6.45) is 2.43. The summed E-state index contributed by atoms with van der Waals surface area (Å²) in [5.74, 6) is 0.317. The van der Waals surface area contributed by atoms with E-state index in [9.17, 15) is 4.79 Å². The number of rotatable bonds is 4. The van der Waals surface area contributed by atoms with Crippen LogP contribution < -0.4 is 5.32 Å². The Balaban J connectivity index is 2.02. The standard InChI is InChI=1S/C13H16N4OS/c1-8(2)6-11-16-17-13(19-11)15-12(18)10-5-4-9(3)14-7-10/h4-5,7-8H,6H2,1-3H3,(H,15,17,18). The summed E-state index contributed by atoms with van der Waals surface area (Å²) in [6.45, 7) is 6.12. The summed E-state index contributed by atoms with van der Waals surface area (Å²) in [5.41, 5.74) is 1.40. The minimum atomic E-state index is -0.209. The van der Waals surface area contributed by atoms with Gasteiger partial charge in [0.2, 0.25) is 5.13 Å². The third-order valence-electron chi connectivity index (χ3n) is 2.44. The zero-order valence-electron chi connectivity index (χ0n) is 11.2. The highest BCUT2D eigenvalue weighted by molar-refractivity contribution is 7.15. The maximum Gasteiger partial charge on any atom is 0.259 e. The molecule has 0 aliphatic rings. The molecule has 0 aromatic carbocycles. The molecule has 0 unspecified atom stereocenters. The molecule has 0 aliphatic carbocycles. The van der Waals surface area contributed by atoms with Crippen LogP contribution in [0.15, 0.2) is 18.3 Å². The van der Waals surface area contributed by atoms with E-state index in [2.05, 4.69) is 34.3 Å². The zero-order valence-corrected chi connectivity index (χ0v) is 12.0. The molecule has 6 heteroatoms. The highest BCUT2D eigenvalue weighted by Gasteiger charge is 2.11. The van der Waals surface area contributed by atoms with Crippen molar-refractivity contribution in [2.24, 2.45) is 5.92 Å². The summed E-state index contributed by atoms with van der Waals surface area (Å²) >= 11 is 1.41. The summed E-state index contributed by atoms with van der Waals surface area (Å²) in [5, 5.41) is 12.2. The van der Waals surface area contributed by atoms with Crippen molar-refractivity contribution in [1.82, 2.24) is 15.2 Å². The van der Waals surface area contributed by atoms with Crippen LogP contribution in [0, 0.1) is 12.8 Å². The van der Waals surface area contributed by atoms with Crippen LogP contribution in [-0.2, 0) is 6.42 Å². The number of carbonyl (C=O) groups is 1. The average molecular weight is 276 g/mol. The molecule has 0 radical (unpaired) electrons. The van der Waals surface area contributed by atoms with Gasteiger partial charge in [0.15, 0.2) is 0 Å². The van der Waals surface area contributed by atoms with Gasteiger partial charge in [0, 0.05) is 18.3 Å². The van der Waals surface area contributed by atoms with Gasteiger partial charge >= 0.3 is 0 Å². The number of amides is 1. The quantitative estimate of drug-likeness (QED) is 0.932. The summed E-state index contributed by atoms with van der Waals surface area (Å²) in [7, 11) is 0. The minimum Gasteiger partial charge on any atom is -0.296 e. The van der Waals surface area contributed by atoms with E-state index in [0.717, 1.165) is 17.1 Å². The highest BCUT2D eigenvalue weighted by Crippen LogP contribution is 2.18. The van der Waals surface area contributed by atoms with Crippen molar-refractivity contribution in [3.63, 3.8) is 0 Å². The number of hydrogen-bond donors (Lipinski definition) is 1. The molecule has 0 saturated carbocycles. The Labute approximate surface area is 116 Å². The first kappa shape index (κ1) is 13.6. The number of aromatic nitrogens is 3. The fourth-order valence-corrected chi connectivity index (χ4v) is 2.45. The van der Waals surface area contributed by atoms with Gasteiger partial charge in [-0.25, -0.2) is 0 Å². The first-order valence-corrected chi connectivity index (χ1v) is 6.92. The number of nitrogens with zero attached hydrogens (tertiary/aromatic N) is 3. The number of nitrogens with one attached hydrogen (secondary N) is 1. The van der Waals surface area contributed by atoms with Crippen LogP contribution in [-0.4, -0.2) is 21.1 Å². The summed E-state index contributed by atoms with van der Waals surface area (Å²) in [6, 6.07) is 3.55. The van der Waals surface area contributed by atoms with Crippen molar-refractivity contribution < 1.29 is 4.79 Å². The fraction of sp³-hybridized carbons (Fsp3) is 0.385. The molecular formula is C13H16N4OS. The van der Waals surface area contributed by atoms with E-state index in [4.69, 9.17) is 0 Å². The first-order chi connectivity index (χ1) is 9.04. The molecule has 0 fully saturated rings. The van der Waals surface area contributed by atoms with E-state index in [1.165, 1.54) is 11.3 Å². The Morgan fingerprint density at radius 2 is 2.16 bits per heavy atom. The number of aryl methyl sites for hydroxylation is 1. The van der Waals surface area contributed by atoms with E-state index in [1.54, 1.807) is 18.3 Å². The topological polar surface area (TPSA) is 67.8 Å². The van der Waals surface area contributed by atoms with Gasteiger partial charge in [0.05, 0.1) is 5.56 Å². The van der Waals surface area contributed by atoms with Gasteiger partial charge in [-0.05, 0) is 25.0 Å². The maximum atomic E-state index is 11.9. The van der Waals surface area contributed by atoms with Crippen molar-refractivity contribution in [2.45, 2.75) is 27.2 Å². The maximum absolute atomic E-state index is 11.9. The van der Waals surface area contributed by atoms with Gasteiger partial charge in [-0.3, -0.25) is 15.1 Å². The average Bonchev–Trinajstić information content (AvgIpc) is 2.76. The molecule has 100 valence electrons. The second kappa shape index (κ2) is 5.88. The predicted molar refractivity (Wildman–Crippen MR) is 75.4 cm³/mol. The third-order valence-corrected chi connectivity index (χ3v) is 3.30. The lowest BCUT2D eigenvalue weighted by atomic mass is 10.1. The van der Waals surface area contributed by atoms with E-state index in [1.807, 2.05) is 6.92 Å². The van der Waals surface area contributed by atoms with Crippen LogP contribution >= 0.6 is 11.3 Å². The van der Waals surface area contributed by atoms with E-state index in [0.29, 0.717) is 16.6 Å². The second-order valence-corrected chi connectivity index (χ2v) is 5.80. The first-order valence-electron chi connectivity index (χ1n) is 6.11. The molecule has 1 N–H and O–H groups in total. The molecule has 1 amide bonds. The molecule has 5 nitrogen and oxygen atoms in total. The monoisotopic (exact) mass is 276 g/mol.